The van der Waals surface area contributed by atoms with Crippen LogP contribution in [0.15, 0.2) is 35.1 Å². The minimum absolute atomic E-state index is 0.0817. The third kappa shape index (κ3) is 2.47. The summed E-state index contributed by atoms with van der Waals surface area (Å²) in [4.78, 5) is 28.6. The highest BCUT2D eigenvalue weighted by Gasteiger charge is 2.18. The molecule has 6 heteroatoms. The average molecular weight is 343 g/mol. The number of nitrogens with zero attached hydrogens (tertiary/aromatic N) is 2. The average Bonchev–Trinajstić information content (AvgIpc) is 2.54. The maximum Gasteiger partial charge on any atom is 0.336 e. The minimum Gasteiger partial charge on any atom is -0.478 e. The molecular weight excluding hydrogens is 328 g/mol. The fraction of sp³-hybridized carbons (Fsp3) is 0.167. The fourth-order valence-corrected chi connectivity index (χ4v) is 2.86. The summed E-state index contributed by atoms with van der Waals surface area (Å²) < 4.78 is 1.47. The Morgan fingerprint density at radius 2 is 1.92 bits per heavy atom. The summed E-state index contributed by atoms with van der Waals surface area (Å²) in [6.07, 6.45) is 0. The van der Waals surface area contributed by atoms with Gasteiger partial charge >= 0.3 is 5.97 Å². The number of hydrogen-bond donors (Lipinski definition) is 1. The number of hydrogen-bond acceptors (Lipinski definition) is 3. The molecule has 0 bridgehead atoms. The topological polar surface area (TPSA) is 72.2 Å². The van der Waals surface area contributed by atoms with Crippen molar-refractivity contribution in [2.75, 3.05) is 0 Å². The zero-order valence-electron chi connectivity index (χ0n) is 13.4. The van der Waals surface area contributed by atoms with Gasteiger partial charge in [-0.2, -0.15) is 0 Å². The van der Waals surface area contributed by atoms with E-state index in [-0.39, 0.29) is 11.1 Å². The van der Waals surface area contributed by atoms with Gasteiger partial charge in [-0.25, -0.2) is 9.78 Å². The first-order valence-electron chi connectivity index (χ1n) is 7.31. The normalized spacial score (nSPS) is 11.0. The number of carboxylic acid groups (broad SMARTS) is 1. The van der Waals surface area contributed by atoms with Crippen LogP contribution in [-0.4, -0.2) is 20.6 Å². The largest absolute Gasteiger partial charge is 0.478 e. The molecule has 1 N–H and O–H groups in total. The molecule has 3 rings (SSSR count). The zero-order chi connectivity index (χ0) is 17.6. The first-order valence-corrected chi connectivity index (χ1v) is 7.69. The van der Waals surface area contributed by atoms with E-state index in [1.165, 1.54) is 10.6 Å². The number of rotatable bonds is 2. The predicted octanol–water partition coefficient (Wildman–Crippen LogP) is 3.57. The molecule has 0 saturated heterocycles. The van der Waals surface area contributed by atoms with Crippen LogP contribution in [0.3, 0.4) is 0 Å². The van der Waals surface area contributed by atoms with Gasteiger partial charge in [0.25, 0.3) is 5.56 Å². The van der Waals surface area contributed by atoms with E-state index in [4.69, 9.17) is 11.6 Å². The first-order chi connectivity index (χ1) is 11.3. The summed E-state index contributed by atoms with van der Waals surface area (Å²) in [5.41, 5.74) is 2.26. The number of benzene rings is 2. The van der Waals surface area contributed by atoms with Crippen molar-refractivity contribution in [1.29, 1.82) is 0 Å². The standard InChI is InChI=1S/C18H15ClN2O3/c1-9-7-13(14(18(23)24)8-15(9)19)11-5-4-6-12-16(11)20-10(2)21(3)17(12)22/h4-8H,1-3H3,(H,23,24). The summed E-state index contributed by atoms with van der Waals surface area (Å²) in [5, 5.41) is 10.4. The Balaban J connectivity index is 2.46. The highest BCUT2D eigenvalue weighted by atomic mass is 35.5. The number of carbonyl (C=O) groups is 1. The van der Waals surface area contributed by atoms with Crippen molar-refractivity contribution in [1.82, 2.24) is 9.55 Å². The van der Waals surface area contributed by atoms with E-state index in [1.807, 2.05) is 0 Å². The number of aromatic carboxylic acids is 1. The summed E-state index contributed by atoms with van der Waals surface area (Å²) in [7, 11) is 1.66. The number of halogens is 1. The molecule has 5 nitrogen and oxygen atoms in total. The molecule has 122 valence electrons. The molecule has 3 aromatic rings. The van der Waals surface area contributed by atoms with Crippen LogP contribution in [0.5, 0.6) is 0 Å². The molecule has 0 unspecified atom stereocenters. The van der Waals surface area contributed by atoms with Crippen LogP contribution in [0, 0.1) is 13.8 Å². The van der Waals surface area contributed by atoms with Gasteiger partial charge in [-0.15, -0.1) is 0 Å². The monoisotopic (exact) mass is 342 g/mol. The second-order valence-electron chi connectivity index (χ2n) is 5.68. The van der Waals surface area contributed by atoms with Gasteiger partial charge in [-0.1, -0.05) is 23.7 Å². The Morgan fingerprint density at radius 3 is 2.58 bits per heavy atom. The van der Waals surface area contributed by atoms with E-state index < -0.39 is 5.97 Å². The van der Waals surface area contributed by atoms with Gasteiger partial charge in [-0.3, -0.25) is 9.36 Å². The lowest BCUT2D eigenvalue weighted by molar-refractivity contribution is 0.0697. The predicted molar refractivity (Wildman–Crippen MR) is 93.9 cm³/mol. The molecule has 2 aromatic carbocycles. The van der Waals surface area contributed by atoms with Gasteiger partial charge in [0.05, 0.1) is 16.5 Å². The third-order valence-corrected chi connectivity index (χ3v) is 4.56. The summed E-state index contributed by atoms with van der Waals surface area (Å²) in [5.74, 6) is -0.521. The summed E-state index contributed by atoms with van der Waals surface area (Å²) in [6.45, 7) is 3.54. The van der Waals surface area contributed by atoms with Crippen LogP contribution in [0.1, 0.15) is 21.7 Å². The molecule has 0 saturated carbocycles. The van der Waals surface area contributed by atoms with Crippen molar-refractivity contribution in [3.8, 4) is 11.1 Å². The number of aryl methyl sites for hydroxylation is 2. The van der Waals surface area contributed by atoms with Crippen LogP contribution in [0.4, 0.5) is 0 Å². The van der Waals surface area contributed by atoms with Gasteiger partial charge in [0.15, 0.2) is 0 Å². The number of aromatic nitrogens is 2. The molecule has 0 aliphatic carbocycles. The van der Waals surface area contributed by atoms with Gasteiger partial charge < -0.3 is 5.11 Å². The molecule has 0 amide bonds. The van der Waals surface area contributed by atoms with Gasteiger partial charge in [-0.05, 0) is 43.2 Å². The van der Waals surface area contributed by atoms with E-state index in [0.717, 1.165) is 5.56 Å². The maximum absolute atomic E-state index is 12.5. The minimum atomic E-state index is -1.08. The highest BCUT2D eigenvalue weighted by molar-refractivity contribution is 6.32. The Kier molecular flexibility index (Phi) is 3.89. The maximum atomic E-state index is 12.5. The molecule has 0 radical (unpaired) electrons. The van der Waals surface area contributed by atoms with Crippen molar-refractivity contribution in [2.24, 2.45) is 7.05 Å². The zero-order valence-corrected chi connectivity index (χ0v) is 14.2. The second-order valence-corrected chi connectivity index (χ2v) is 6.08. The molecule has 0 aliphatic heterocycles. The van der Waals surface area contributed by atoms with Crippen molar-refractivity contribution in [3.05, 3.63) is 62.7 Å². The van der Waals surface area contributed by atoms with Crippen LogP contribution in [-0.2, 0) is 7.05 Å². The van der Waals surface area contributed by atoms with E-state index in [1.54, 1.807) is 45.2 Å². The Hall–Kier alpha value is -2.66. The Labute approximate surface area is 143 Å². The van der Waals surface area contributed by atoms with Gasteiger partial charge in [0.2, 0.25) is 0 Å². The lowest BCUT2D eigenvalue weighted by Gasteiger charge is -2.13. The third-order valence-electron chi connectivity index (χ3n) is 4.15. The molecule has 0 atom stereocenters. The smallest absolute Gasteiger partial charge is 0.336 e. The quantitative estimate of drug-likeness (QED) is 0.772. The second kappa shape index (κ2) is 5.76. The Morgan fingerprint density at radius 1 is 1.21 bits per heavy atom. The van der Waals surface area contributed by atoms with Crippen LogP contribution < -0.4 is 5.56 Å². The van der Waals surface area contributed by atoms with Crippen molar-refractivity contribution in [2.45, 2.75) is 13.8 Å². The van der Waals surface area contributed by atoms with E-state index in [2.05, 4.69) is 4.98 Å². The summed E-state index contributed by atoms with van der Waals surface area (Å²) >= 11 is 6.07. The van der Waals surface area contributed by atoms with Crippen LogP contribution in [0.2, 0.25) is 5.02 Å². The molecule has 0 fully saturated rings. The highest BCUT2D eigenvalue weighted by Crippen LogP contribution is 2.32. The van der Waals surface area contributed by atoms with E-state index in [0.29, 0.717) is 32.9 Å². The molecule has 1 aromatic heterocycles. The van der Waals surface area contributed by atoms with Crippen LogP contribution >= 0.6 is 11.6 Å². The lowest BCUT2D eigenvalue weighted by atomic mass is 9.95. The van der Waals surface area contributed by atoms with Crippen molar-refractivity contribution < 1.29 is 9.90 Å². The Bertz CT molecular complexity index is 1050. The summed E-state index contributed by atoms with van der Waals surface area (Å²) in [6, 6.07) is 8.34. The van der Waals surface area contributed by atoms with Crippen molar-refractivity contribution in [3.63, 3.8) is 0 Å². The SMILES string of the molecule is Cc1cc(-c2cccc3c(=O)n(C)c(C)nc23)c(C(=O)O)cc1Cl. The number of carboxylic acids is 1. The molecule has 1 heterocycles. The molecular formula is C18H15ClN2O3. The molecule has 0 aliphatic rings. The number of fused-ring (bicyclic) bond motifs is 1. The number of para-hydroxylation sites is 1. The van der Waals surface area contributed by atoms with Crippen molar-refractivity contribution >= 4 is 28.5 Å². The first kappa shape index (κ1) is 16.2. The molecule has 0 spiro atoms. The van der Waals surface area contributed by atoms with Crippen LogP contribution in [0.25, 0.3) is 22.0 Å². The molecule has 24 heavy (non-hydrogen) atoms. The van der Waals surface area contributed by atoms with E-state index in [9.17, 15) is 14.7 Å². The van der Waals surface area contributed by atoms with Gasteiger partial charge in [0, 0.05) is 17.6 Å². The fourth-order valence-electron chi connectivity index (χ4n) is 2.70. The van der Waals surface area contributed by atoms with E-state index >= 15 is 0 Å². The lowest BCUT2D eigenvalue weighted by Crippen LogP contribution is -2.20. The van der Waals surface area contributed by atoms with Gasteiger partial charge in [0.1, 0.15) is 5.82 Å².